The maximum atomic E-state index is 6.01. The highest BCUT2D eigenvalue weighted by molar-refractivity contribution is 5.61. The molecule has 0 amide bonds. The summed E-state index contributed by atoms with van der Waals surface area (Å²) in [5.74, 6) is 2.13. The molecule has 6 aliphatic carbocycles. The second-order valence-corrected chi connectivity index (χ2v) is 10.7. The zero-order chi connectivity index (χ0) is 16.5. The van der Waals surface area contributed by atoms with Gasteiger partial charge < -0.3 is 14.2 Å². The van der Waals surface area contributed by atoms with Crippen molar-refractivity contribution >= 4 is 0 Å². The molecule has 6 atom stereocenters. The fourth-order valence-corrected chi connectivity index (χ4v) is 8.90. The minimum absolute atomic E-state index is 0.421. The van der Waals surface area contributed by atoms with Crippen LogP contribution < -0.4 is 0 Å². The Bertz CT molecular complexity index is 745. The number of ether oxygens (including phenoxy) is 3. The maximum absolute atomic E-state index is 6.01. The largest absolute Gasteiger partial charge is 0.369 e. The predicted octanol–water partition coefficient (Wildman–Crippen LogP) is 3.46. The van der Waals surface area contributed by atoms with Gasteiger partial charge in [0.05, 0.1) is 36.6 Å². The van der Waals surface area contributed by atoms with Crippen LogP contribution in [0.3, 0.4) is 0 Å². The molecule has 0 aromatic rings. The van der Waals surface area contributed by atoms with Crippen LogP contribution >= 0.6 is 0 Å². The van der Waals surface area contributed by atoms with Crippen LogP contribution in [0.1, 0.15) is 45.4 Å². The van der Waals surface area contributed by atoms with E-state index in [2.05, 4.69) is 6.92 Å². The molecule has 0 aromatic heterocycles. The molecular weight excluding hydrogens is 324 g/mol. The summed E-state index contributed by atoms with van der Waals surface area (Å²) in [7, 11) is 0. The molecule has 9 aliphatic rings. The first-order chi connectivity index (χ1) is 12.7. The molecule has 0 saturated carbocycles. The smallest absolute Gasteiger partial charge is 0.0882 e. The number of hydrogen-bond acceptors (Lipinski definition) is 3. The predicted molar refractivity (Wildman–Crippen MR) is 93.3 cm³/mol. The summed E-state index contributed by atoms with van der Waals surface area (Å²) in [6.07, 6.45) is 10.6. The minimum Gasteiger partial charge on any atom is -0.369 e. The normalized spacial score (nSPS) is 61.5. The summed E-state index contributed by atoms with van der Waals surface area (Å²) >= 11 is 0. The summed E-state index contributed by atoms with van der Waals surface area (Å²) in [4.78, 5) is 0. The molecule has 26 heavy (non-hydrogen) atoms. The third-order valence-electron chi connectivity index (χ3n) is 9.78. The quantitative estimate of drug-likeness (QED) is 0.497. The first-order valence-corrected chi connectivity index (χ1v) is 10.8. The summed E-state index contributed by atoms with van der Waals surface area (Å²) in [5.41, 5.74) is 11.3. The van der Waals surface area contributed by atoms with Crippen LogP contribution in [-0.4, -0.2) is 36.6 Å². The fraction of sp³-hybridized carbons (Fsp3) is 0.739. The third-order valence-corrected chi connectivity index (χ3v) is 9.78. The van der Waals surface area contributed by atoms with Gasteiger partial charge in [-0.2, -0.15) is 0 Å². The van der Waals surface area contributed by atoms with Gasteiger partial charge in [-0.15, -0.1) is 0 Å². The van der Waals surface area contributed by atoms with Gasteiger partial charge in [-0.1, -0.05) is 40.4 Å². The number of hydrogen-bond donors (Lipinski definition) is 0. The average molecular weight is 348 g/mol. The van der Waals surface area contributed by atoms with E-state index in [1.807, 2.05) is 33.4 Å². The molecule has 3 saturated heterocycles. The number of rotatable bonds is 0. The van der Waals surface area contributed by atoms with E-state index in [1.165, 1.54) is 38.5 Å². The minimum atomic E-state index is 0.421. The van der Waals surface area contributed by atoms with Gasteiger partial charge in [-0.05, 0) is 43.9 Å². The van der Waals surface area contributed by atoms with E-state index in [0.29, 0.717) is 59.8 Å². The van der Waals surface area contributed by atoms with Crippen LogP contribution in [0.25, 0.3) is 0 Å². The lowest BCUT2D eigenvalue weighted by Gasteiger charge is -2.36. The number of fused-ring (bicyclic) bond motifs is 9. The molecule has 3 nitrogen and oxygen atoms in total. The molecule has 0 spiro atoms. The summed E-state index contributed by atoms with van der Waals surface area (Å²) in [6, 6.07) is 0. The highest BCUT2D eigenvalue weighted by Gasteiger charge is 2.71. The zero-order valence-corrected chi connectivity index (χ0v) is 15.2. The first-order valence-electron chi connectivity index (χ1n) is 10.8. The van der Waals surface area contributed by atoms with Gasteiger partial charge in [0, 0.05) is 17.8 Å². The Morgan fingerprint density at radius 2 is 0.731 bits per heavy atom. The van der Waals surface area contributed by atoms with E-state index in [-0.39, 0.29) is 0 Å². The second-order valence-electron chi connectivity index (χ2n) is 10.7. The van der Waals surface area contributed by atoms with E-state index in [4.69, 9.17) is 14.2 Å². The highest BCUT2D eigenvalue weighted by Crippen LogP contribution is 2.77. The van der Waals surface area contributed by atoms with Gasteiger partial charge >= 0.3 is 0 Å². The lowest BCUT2D eigenvalue weighted by Crippen LogP contribution is -2.32. The van der Waals surface area contributed by atoms with Crippen molar-refractivity contribution in [3.8, 4) is 0 Å². The molecule has 3 heteroatoms. The molecule has 0 N–H and O–H groups in total. The van der Waals surface area contributed by atoms with Crippen LogP contribution in [0.4, 0.5) is 0 Å². The Morgan fingerprint density at radius 1 is 0.500 bits per heavy atom. The van der Waals surface area contributed by atoms with E-state index in [9.17, 15) is 0 Å². The van der Waals surface area contributed by atoms with Gasteiger partial charge in [0.1, 0.15) is 0 Å². The van der Waals surface area contributed by atoms with Crippen LogP contribution in [0.15, 0.2) is 33.4 Å². The summed E-state index contributed by atoms with van der Waals surface area (Å²) in [6.45, 7) is 2.67. The molecule has 0 aromatic carbocycles. The van der Waals surface area contributed by atoms with Crippen LogP contribution in [0, 0.1) is 23.2 Å². The Morgan fingerprint density at radius 3 is 0.962 bits per heavy atom. The molecule has 134 valence electrons. The average Bonchev–Trinajstić information content (AvgIpc) is 3.50. The zero-order valence-electron chi connectivity index (χ0n) is 15.2. The SMILES string of the molecule is CC12C3C4=C(CC5OC5C4)C1C1=C(CC4OC4C1)C2C1=C3CC2OC2C1. The third kappa shape index (κ3) is 1.25. The van der Waals surface area contributed by atoms with Crippen molar-refractivity contribution in [3.63, 3.8) is 0 Å². The van der Waals surface area contributed by atoms with Gasteiger partial charge in [-0.3, -0.25) is 0 Å². The maximum Gasteiger partial charge on any atom is 0.0882 e. The van der Waals surface area contributed by atoms with Crippen molar-refractivity contribution in [2.24, 2.45) is 23.2 Å². The lowest BCUT2D eigenvalue weighted by molar-refractivity contribution is 0.190. The van der Waals surface area contributed by atoms with E-state index < -0.39 is 0 Å². The number of epoxide rings is 3. The Labute approximate surface area is 153 Å². The molecule has 0 bridgehead atoms. The molecule has 3 aliphatic heterocycles. The fourth-order valence-electron chi connectivity index (χ4n) is 8.90. The van der Waals surface area contributed by atoms with Crippen molar-refractivity contribution in [1.82, 2.24) is 0 Å². The molecule has 3 fully saturated rings. The van der Waals surface area contributed by atoms with Crippen molar-refractivity contribution in [3.05, 3.63) is 33.4 Å². The van der Waals surface area contributed by atoms with E-state index >= 15 is 0 Å². The van der Waals surface area contributed by atoms with Crippen LogP contribution in [-0.2, 0) is 14.2 Å². The van der Waals surface area contributed by atoms with E-state index in [0.717, 1.165) is 0 Å². The molecule has 9 rings (SSSR count). The molecule has 6 unspecified atom stereocenters. The Balaban J connectivity index is 1.31. The molecule has 3 heterocycles. The van der Waals surface area contributed by atoms with Crippen LogP contribution in [0.5, 0.6) is 0 Å². The lowest BCUT2D eigenvalue weighted by atomic mass is 9.67. The summed E-state index contributed by atoms with van der Waals surface area (Å²) < 4.78 is 18.0. The van der Waals surface area contributed by atoms with Crippen LogP contribution in [0.2, 0.25) is 0 Å². The molecule has 0 radical (unpaired) electrons. The highest BCUT2D eigenvalue weighted by atomic mass is 16.6. The second kappa shape index (κ2) is 3.68. The van der Waals surface area contributed by atoms with Crippen molar-refractivity contribution in [1.29, 1.82) is 0 Å². The van der Waals surface area contributed by atoms with Crippen molar-refractivity contribution in [2.75, 3.05) is 0 Å². The summed E-state index contributed by atoms with van der Waals surface area (Å²) in [5, 5.41) is 0. The van der Waals surface area contributed by atoms with Gasteiger partial charge in [0.15, 0.2) is 0 Å². The van der Waals surface area contributed by atoms with E-state index in [1.54, 1.807) is 0 Å². The molecular formula is C23H24O3. The van der Waals surface area contributed by atoms with Gasteiger partial charge in [-0.25, -0.2) is 0 Å². The van der Waals surface area contributed by atoms with Crippen molar-refractivity contribution in [2.45, 2.75) is 82.1 Å². The monoisotopic (exact) mass is 348 g/mol. The Kier molecular flexibility index (Phi) is 1.88. The standard InChI is InChI=1S/C23H24O3/c1-23-20-8-2-14-15(24-14)3-9(8)21(23)12-6-18-19(26-18)7-13(12)22(23)11-5-17-16(25-17)4-10(11)20/h14-22H,2-7H2,1H3. The van der Waals surface area contributed by atoms with Gasteiger partial charge in [0.25, 0.3) is 0 Å². The Hall–Kier alpha value is -0.900. The van der Waals surface area contributed by atoms with Crippen molar-refractivity contribution < 1.29 is 14.2 Å². The first kappa shape index (κ1) is 13.3. The van der Waals surface area contributed by atoms with Gasteiger partial charge in [0.2, 0.25) is 0 Å². The topological polar surface area (TPSA) is 37.6 Å².